The summed E-state index contributed by atoms with van der Waals surface area (Å²) in [6.07, 6.45) is 1.48. The van der Waals surface area contributed by atoms with E-state index >= 15 is 0 Å². The molecule has 2 N–H and O–H groups in total. The minimum Gasteiger partial charge on any atom is -0.476 e. The zero-order valence-corrected chi connectivity index (χ0v) is 9.78. The van der Waals surface area contributed by atoms with Crippen molar-refractivity contribution in [2.75, 3.05) is 20.3 Å². The van der Waals surface area contributed by atoms with Gasteiger partial charge in [0, 0.05) is 18.8 Å². The first-order chi connectivity index (χ1) is 7.19. The third kappa shape index (κ3) is 3.17. The summed E-state index contributed by atoms with van der Waals surface area (Å²) in [5, 5.41) is 0. The van der Waals surface area contributed by atoms with Gasteiger partial charge in [0.2, 0.25) is 5.88 Å². The van der Waals surface area contributed by atoms with Gasteiger partial charge in [0.25, 0.3) is 0 Å². The fourth-order valence-electron chi connectivity index (χ4n) is 0.928. The van der Waals surface area contributed by atoms with Gasteiger partial charge in [-0.3, -0.25) is 0 Å². The Balaban J connectivity index is 2.89. The summed E-state index contributed by atoms with van der Waals surface area (Å²) in [5.74, 6) is -0.0917. The molecule has 0 saturated heterocycles. The van der Waals surface area contributed by atoms with Crippen LogP contribution >= 0.6 is 15.9 Å². The number of nitrogens with two attached hydrogens (primary N) is 1. The van der Waals surface area contributed by atoms with E-state index in [1.54, 1.807) is 0 Å². The number of rotatable bonds is 4. The lowest BCUT2D eigenvalue weighted by Crippen LogP contribution is -2.12. The molecule has 0 fully saturated rings. The van der Waals surface area contributed by atoms with Gasteiger partial charge >= 0.3 is 5.97 Å². The Labute approximate surface area is 95.7 Å². The van der Waals surface area contributed by atoms with Crippen LogP contribution in [0.3, 0.4) is 0 Å². The first-order valence-electron chi connectivity index (χ1n) is 4.25. The van der Waals surface area contributed by atoms with E-state index in [1.165, 1.54) is 19.4 Å². The predicted molar refractivity (Wildman–Crippen MR) is 57.8 cm³/mol. The monoisotopic (exact) mass is 274 g/mol. The molecule has 0 amide bonds. The molecule has 15 heavy (non-hydrogen) atoms. The molecule has 0 aliphatic heterocycles. The van der Waals surface area contributed by atoms with Crippen molar-refractivity contribution in [2.45, 2.75) is 0 Å². The number of hydrogen-bond donors (Lipinski definition) is 1. The Bertz CT molecular complexity index is 357. The van der Waals surface area contributed by atoms with Crippen molar-refractivity contribution in [1.82, 2.24) is 4.98 Å². The quantitative estimate of drug-likeness (QED) is 0.829. The van der Waals surface area contributed by atoms with E-state index in [4.69, 9.17) is 10.5 Å². The Morgan fingerprint density at radius 2 is 2.40 bits per heavy atom. The lowest BCUT2D eigenvalue weighted by molar-refractivity contribution is 0.0599. The molecule has 0 bridgehead atoms. The fraction of sp³-hybridized carbons (Fsp3) is 0.333. The summed E-state index contributed by atoms with van der Waals surface area (Å²) in [6, 6.07) is 1.51. The van der Waals surface area contributed by atoms with Crippen LogP contribution in [0.25, 0.3) is 0 Å². The lowest BCUT2D eigenvalue weighted by Gasteiger charge is -2.06. The van der Waals surface area contributed by atoms with E-state index < -0.39 is 5.97 Å². The van der Waals surface area contributed by atoms with Crippen molar-refractivity contribution in [3.63, 3.8) is 0 Å². The molecule has 0 aliphatic carbocycles. The summed E-state index contributed by atoms with van der Waals surface area (Å²) < 4.78 is 10.3. The number of nitrogens with zero attached hydrogens (tertiary/aromatic N) is 1. The number of esters is 1. The predicted octanol–water partition coefficient (Wildman–Crippen LogP) is 0.968. The Hall–Kier alpha value is -1.14. The summed E-state index contributed by atoms with van der Waals surface area (Å²) in [7, 11) is 1.32. The molecule has 82 valence electrons. The summed E-state index contributed by atoms with van der Waals surface area (Å²) >= 11 is 3.20. The SMILES string of the molecule is COC(=O)c1cc(OCCN)ncc1Br. The van der Waals surface area contributed by atoms with Crippen LogP contribution in [0.2, 0.25) is 0 Å². The number of aromatic nitrogens is 1. The van der Waals surface area contributed by atoms with E-state index in [2.05, 4.69) is 25.7 Å². The molecule has 1 aromatic rings. The molecular weight excluding hydrogens is 264 g/mol. The Morgan fingerprint density at radius 1 is 1.67 bits per heavy atom. The molecule has 0 aliphatic rings. The van der Waals surface area contributed by atoms with Crippen molar-refractivity contribution in [3.8, 4) is 5.88 Å². The normalized spacial score (nSPS) is 9.80. The molecular formula is C9H11BrN2O3. The zero-order chi connectivity index (χ0) is 11.3. The molecule has 0 radical (unpaired) electrons. The van der Waals surface area contributed by atoms with Crippen LogP contribution in [0.5, 0.6) is 5.88 Å². The van der Waals surface area contributed by atoms with Gasteiger partial charge in [-0.1, -0.05) is 0 Å². The largest absolute Gasteiger partial charge is 0.476 e. The summed E-state index contributed by atoms with van der Waals surface area (Å²) in [4.78, 5) is 15.3. The molecule has 0 aromatic carbocycles. The molecule has 5 nitrogen and oxygen atoms in total. The highest BCUT2D eigenvalue weighted by Gasteiger charge is 2.12. The second kappa shape index (κ2) is 5.67. The van der Waals surface area contributed by atoms with Gasteiger partial charge in [0.05, 0.1) is 17.1 Å². The third-order valence-corrected chi connectivity index (χ3v) is 2.24. The number of pyridine rings is 1. The second-order valence-electron chi connectivity index (χ2n) is 2.63. The van der Waals surface area contributed by atoms with Crippen LogP contribution in [-0.4, -0.2) is 31.2 Å². The minimum atomic E-state index is -0.443. The van der Waals surface area contributed by atoms with Crippen molar-refractivity contribution in [3.05, 3.63) is 22.3 Å². The number of carbonyl (C=O) groups is 1. The highest BCUT2D eigenvalue weighted by Crippen LogP contribution is 2.20. The van der Waals surface area contributed by atoms with Crippen molar-refractivity contribution in [1.29, 1.82) is 0 Å². The number of halogens is 1. The van der Waals surface area contributed by atoms with E-state index in [-0.39, 0.29) is 0 Å². The molecule has 1 rings (SSSR count). The number of hydrogen-bond acceptors (Lipinski definition) is 5. The van der Waals surface area contributed by atoms with Crippen LogP contribution in [0.15, 0.2) is 16.7 Å². The maximum Gasteiger partial charge on any atom is 0.339 e. The average Bonchev–Trinajstić information content (AvgIpc) is 2.27. The van der Waals surface area contributed by atoms with Crippen molar-refractivity contribution >= 4 is 21.9 Å². The van der Waals surface area contributed by atoms with Gasteiger partial charge in [0.15, 0.2) is 0 Å². The van der Waals surface area contributed by atoms with Gasteiger partial charge < -0.3 is 15.2 Å². The van der Waals surface area contributed by atoms with Gasteiger partial charge in [-0.25, -0.2) is 9.78 Å². The summed E-state index contributed by atoms with van der Waals surface area (Å²) in [6.45, 7) is 0.751. The third-order valence-electron chi connectivity index (χ3n) is 1.60. The standard InChI is InChI=1S/C9H11BrN2O3/c1-14-9(13)6-4-8(15-3-2-11)12-5-7(6)10/h4-5H,2-3,11H2,1H3. The molecule has 0 saturated carbocycles. The van der Waals surface area contributed by atoms with Gasteiger partial charge in [0.1, 0.15) is 6.61 Å². The second-order valence-corrected chi connectivity index (χ2v) is 3.49. The maximum atomic E-state index is 11.3. The van der Waals surface area contributed by atoms with Crippen LogP contribution < -0.4 is 10.5 Å². The number of carbonyl (C=O) groups excluding carboxylic acids is 1. The molecule has 1 heterocycles. The van der Waals surface area contributed by atoms with E-state index in [0.29, 0.717) is 29.1 Å². The summed E-state index contributed by atoms with van der Waals surface area (Å²) in [5.41, 5.74) is 5.65. The zero-order valence-electron chi connectivity index (χ0n) is 8.20. The van der Waals surface area contributed by atoms with Crippen molar-refractivity contribution in [2.24, 2.45) is 5.73 Å². The van der Waals surface area contributed by atoms with Gasteiger partial charge in [-0.15, -0.1) is 0 Å². The molecule has 0 atom stereocenters. The van der Waals surface area contributed by atoms with Gasteiger partial charge in [-0.05, 0) is 15.9 Å². The Kier molecular flexibility index (Phi) is 4.51. The Morgan fingerprint density at radius 3 is 3.00 bits per heavy atom. The average molecular weight is 275 g/mol. The van der Waals surface area contributed by atoms with Crippen molar-refractivity contribution < 1.29 is 14.3 Å². The maximum absolute atomic E-state index is 11.3. The first-order valence-corrected chi connectivity index (χ1v) is 5.05. The molecule has 0 spiro atoms. The molecule has 6 heteroatoms. The first kappa shape index (κ1) is 11.9. The minimum absolute atomic E-state index is 0.351. The van der Waals surface area contributed by atoms with Crippen LogP contribution in [0.4, 0.5) is 0 Å². The molecule has 1 aromatic heterocycles. The van der Waals surface area contributed by atoms with E-state index in [0.717, 1.165) is 0 Å². The highest BCUT2D eigenvalue weighted by molar-refractivity contribution is 9.10. The highest BCUT2D eigenvalue weighted by atomic mass is 79.9. The van der Waals surface area contributed by atoms with Gasteiger partial charge in [-0.2, -0.15) is 0 Å². The smallest absolute Gasteiger partial charge is 0.339 e. The molecule has 0 unspecified atom stereocenters. The van der Waals surface area contributed by atoms with Crippen LogP contribution in [0.1, 0.15) is 10.4 Å². The van der Waals surface area contributed by atoms with Crippen LogP contribution in [0, 0.1) is 0 Å². The number of methoxy groups -OCH3 is 1. The lowest BCUT2D eigenvalue weighted by atomic mass is 10.3. The number of ether oxygens (including phenoxy) is 2. The van der Waals surface area contributed by atoms with Crippen LogP contribution in [-0.2, 0) is 4.74 Å². The van der Waals surface area contributed by atoms with E-state index in [9.17, 15) is 4.79 Å². The fourth-order valence-corrected chi connectivity index (χ4v) is 1.31. The van der Waals surface area contributed by atoms with E-state index in [1.807, 2.05) is 0 Å². The topological polar surface area (TPSA) is 74.4 Å².